The normalized spacial score (nSPS) is 13.2. The molecule has 0 bridgehead atoms. The Morgan fingerprint density at radius 3 is 1.30 bits per heavy atom. The van der Waals surface area contributed by atoms with Crippen molar-refractivity contribution in [2.24, 2.45) is 0 Å². The molecule has 0 aromatic heterocycles. The van der Waals surface area contributed by atoms with E-state index in [1.54, 1.807) is 0 Å². The first-order valence-electron chi connectivity index (χ1n) is 16.9. The zero-order chi connectivity index (χ0) is 27.1. The van der Waals surface area contributed by atoms with Gasteiger partial charge in [0.2, 0.25) is 0 Å². The van der Waals surface area contributed by atoms with Crippen LogP contribution in [0.4, 0.5) is 0 Å². The van der Waals surface area contributed by atoms with E-state index in [0.717, 1.165) is 12.0 Å². The van der Waals surface area contributed by atoms with Crippen molar-refractivity contribution in [1.29, 1.82) is 0 Å². The van der Waals surface area contributed by atoms with E-state index in [4.69, 9.17) is 0 Å². The van der Waals surface area contributed by atoms with Crippen LogP contribution in [0.25, 0.3) is 0 Å². The molecule has 1 heteroatoms. The molecule has 0 saturated heterocycles. The van der Waals surface area contributed by atoms with Crippen LogP contribution in [-0.2, 0) is 6.42 Å². The highest BCUT2D eigenvalue weighted by Gasteiger charge is 2.17. The Kier molecular flexibility index (Phi) is 21.1. The summed E-state index contributed by atoms with van der Waals surface area (Å²) in [6, 6.07) is 4.66. The summed E-state index contributed by atoms with van der Waals surface area (Å²) in [7, 11) is 0. The van der Waals surface area contributed by atoms with E-state index >= 15 is 0 Å². The minimum absolute atomic E-state index is 0.448. The summed E-state index contributed by atoms with van der Waals surface area (Å²) < 4.78 is 0. The second kappa shape index (κ2) is 23.0. The van der Waals surface area contributed by atoms with E-state index in [9.17, 15) is 5.11 Å². The first-order valence-corrected chi connectivity index (χ1v) is 16.9. The molecule has 1 aromatic rings. The number of aryl methyl sites for hydroxylation is 1. The van der Waals surface area contributed by atoms with Crippen molar-refractivity contribution in [2.45, 2.75) is 194 Å². The van der Waals surface area contributed by atoms with Gasteiger partial charge >= 0.3 is 0 Å². The maximum Gasteiger partial charge on any atom is 0.122 e. The first-order chi connectivity index (χ1) is 18.0. The molecular weight excluding hydrogens is 448 g/mol. The quantitative estimate of drug-likeness (QED) is 0.129. The Bertz CT molecular complexity index is 648. The molecule has 2 unspecified atom stereocenters. The van der Waals surface area contributed by atoms with Gasteiger partial charge in [0.25, 0.3) is 0 Å². The van der Waals surface area contributed by atoms with E-state index in [-0.39, 0.29) is 0 Å². The highest BCUT2D eigenvalue weighted by molar-refractivity contribution is 5.46. The fraction of sp³-hybridized carbons (Fsp3) is 0.833. The molecule has 2 atom stereocenters. The van der Waals surface area contributed by atoms with E-state index in [0.29, 0.717) is 17.6 Å². The summed E-state index contributed by atoms with van der Waals surface area (Å²) in [6.07, 6.45) is 31.3. The standard InChI is InChI=1S/C36H66O/c1-6-9-11-13-15-17-19-21-23-25-27-31(4)34-29-33(8-3)36(37)35(30-34)32(5)28-26-24-22-20-18-16-14-12-10-7-2/h29-32,37H,6-28H2,1-5H3. The van der Waals surface area contributed by atoms with Crippen LogP contribution in [0.3, 0.4) is 0 Å². The molecule has 0 heterocycles. The molecule has 37 heavy (non-hydrogen) atoms. The monoisotopic (exact) mass is 515 g/mol. The van der Waals surface area contributed by atoms with Gasteiger partial charge in [0.15, 0.2) is 0 Å². The van der Waals surface area contributed by atoms with Gasteiger partial charge in [0.05, 0.1) is 0 Å². The molecule has 0 aliphatic heterocycles. The van der Waals surface area contributed by atoms with E-state index in [2.05, 4.69) is 46.8 Å². The van der Waals surface area contributed by atoms with Crippen molar-refractivity contribution < 1.29 is 5.11 Å². The van der Waals surface area contributed by atoms with Crippen LogP contribution < -0.4 is 0 Å². The van der Waals surface area contributed by atoms with Crippen molar-refractivity contribution in [3.8, 4) is 5.75 Å². The van der Waals surface area contributed by atoms with Crippen LogP contribution in [0.1, 0.15) is 204 Å². The van der Waals surface area contributed by atoms with Crippen LogP contribution >= 0.6 is 0 Å². The van der Waals surface area contributed by atoms with Crippen LogP contribution in [0.5, 0.6) is 5.75 Å². The van der Waals surface area contributed by atoms with E-state index in [1.165, 1.54) is 152 Å². The second-order valence-electron chi connectivity index (χ2n) is 12.2. The average Bonchev–Trinajstić information content (AvgIpc) is 2.90. The van der Waals surface area contributed by atoms with Gasteiger partial charge < -0.3 is 5.11 Å². The molecule has 0 aliphatic carbocycles. The summed E-state index contributed by atoms with van der Waals surface area (Å²) in [6.45, 7) is 11.5. The van der Waals surface area contributed by atoms with Crippen LogP contribution in [-0.4, -0.2) is 5.11 Å². The van der Waals surface area contributed by atoms with Gasteiger partial charge in [0, 0.05) is 0 Å². The first kappa shape index (κ1) is 34.0. The third-order valence-corrected chi connectivity index (χ3v) is 8.70. The molecule has 0 spiro atoms. The van der Waals surface area contributed by atoms with E-state index in [1.807, 2.05) is 0 Å². The van der Waals surface area contributed by atoms with Gasteiger partial charge in [0.1, 0.15) is 5.75 Å². The van der Waals surface area contributed by atoms with Gasteiger partial charge in [-0.3, -0.25) is 0 Å². The Morgan fingerprint density at radius 2 is 0.892 bits per heavy atom. The third kappa shape index (κ3) is 15.9. The smallest absolute Gasteiger partial charge is 0.122 e. The zero-order valence-corrected chi connectivity index (χ0v) is 26.0. The molecule has 0 fully saturated rings. The number of hydrogen-bond acceptors (Lipinski definition) is 1. The van der Waals surface area contributed by atoms with Gasteiger partial charge in [-0.05, 0) is 47.8 Å². The number of benzene rings is 1. The Labute approximate surface area is 233 Å². The molecule has 1 nitrogen and oxygen atoms in total. The molecule has 1 N–H and O–H groups in total. The van der Waals surface area contributed by atoms with Crippen molar-refractivity contribution in [1.82, 2.24) is 0 Å². The SMILES string of the molecule is CCCCCCCCCCCCC(C)c1cc(CC)c(O)c(C(C)CCCCCCCCCCCC)c1. The highest BCUT2D eigenvalue weighted by atomic mass is 16.3. The van der Waals surface area contributed by atoms with Crippen LogP contribution in [0, 0.1) is 0 Å². The minimum atomic E-state index is 0.448. The molecule has 216 valence electrons. The lowest BCUT2D eigenvalue weighted by molar-refractivity contribution is 0.450. The fourth-order valence-electron chi connectivity index (χ4n) is 5.87. The lowest BCUT2D eigenvalue weighted by Gasteiger charge is -2.20. The van der Waals surface area contributed by atoms with Crippen LogP contribution in [0.15, 0.2) is 12.1 Å². The topological polar surface area (TPSA) is 20.2 Å². The molecule has 1 aromatic carbocycles. The minimum Gasteiger partial charge on any atom is -0.507 e. The third-order valence-electron chi connectivity index (χ3n) is 8.70. The molecule has 0 amide bonds. The van der Waals surface area contributed by atoms with Crippen molar-refractivity contribution in [3.05, 3.63) is 28.8 Å². The average molecular weight is 515 g/mol. The second-order valence-corrected chi connectivity index (χ2v) is 12.2. The van der Waals surface area contributed by atoms with Crippen molar-refractivity contribution in [3.63, 3.8) is 0 Å². The lowest BCUT2D eigenvalue weighted by Crippen LogP contribution is -2.02. The number of aromatic hydroxyl groups is 1. The van der Waals surface area contributed by atoms with Crippen molar-refractivity contribution >= 4 is 0 Å². The number of hydrogen-bond donors (Lipinski definition) is 1. The summed E-state index contributed by atoms with van der Waals surface area (Å²) in [5, 5.41) is 11.0. The Morgan fingerprint density at radius 1 is 0.514 bits per heavy atom. The maximum atomic E-state index is 11.0. The summed E-state index contributed by atoms with van der Waals surface area (Å²) in [4.78, 5) is 0. The largest absolute Gasteiger partial charge is 0.507 e. The Balaban J connectivity index is 2.37. The Hall–Kier alpha value is -0.980. The number of phenols is 1. The van der Waals surface area contributed by atoms with Gasteiger partial charge in [-0.2, -0.15) is 0 Å². The zero-order valence-electron chi connectivity index (χ0n) is 26.0. The van der Waals surface area contributed by atoms with Gasteiger partial charge in [-0.1, -0.05) is 175 Å². The molecule has 1 rings (SSSR count). The van der Waals surface area contributed by atoms with Gasteiger partial charge in [-0.15, -0.1) is 0 Å². The lowest BCUT2D eigenvalue weighted by atomic mass is 9.86. The molecule has 0 aliphatic rings. The fourth-order valence-corrected chi connectivity index (χ4v) is 5.87. The molecular formula is C36H66O. The van der Waals surface area contributed by atoms with E-state index < -0.39 is 0 Å². The number of phenolic OH excluding ortho intramolecular Hbond substituents is 1. The maximum absolute atomic E-state index is 11.0. The van der Waals surface area contributed by atoms with Crippen LogP contribution in [0.2, 0.25) is 0 Å². The predicted octanol–water partition coefficient (Wildman–Crippen LogP) is 12.8. The number of rotatable bonds is 25. The van der Waals surface area contributed by atoms with Crippen molar-refractivity contribution in [2.75, 3.05) is 0 Å². The predicted molar refractivity (Wildman–Crippen MR) is 167 cm³/mol. The summed E-state index contributed by atoms with van der Waals surface area (Å²) in [5.74, 6) is 1.61. The molecule has 0 saturated carbocycles. The highest BCUT2D eigenvalue weighted by Crippen LogP contribution is 2.37. The number of unbranched alkanes of at least 4 members (excludes halogenated alkanes) is 18. The summed E-state index contributed by atoms with van der Waals surface area (Å²) >= 11 is 0. The van der Waals surface area contributed by atoms with Gasteiger partial charge in [-0.25, -0.2) is 0 Å². The molecule has 0 radical (unpaired) electrons. The summed E-state index contributed by atoms with van der Waals surface area (Å²) in [5.41, 5.74) is 3.81.